The fourth-order valence-electron chi connectivity index (χ4n) is 3.59. The van der Waals surface area contributed by atoms with Crippen molar-refractivity contribution < 1.29 is 22.8 Å². The van der Waals surface area contributed by atoms with Gasteiger partial charge < -0.3 is 15.0 Å². The van der Waals surface area contributed by atoms with Gasteiger partial charge >= 0.3 is 6.18 Å². The van der Waals surface area contributed by atoms with Gasteiger partial charge in [-0.15, -0.1) is 5.06 Å². The van der Waals surface area contributed by atoms with Crippen molar-refractivity contribution in [3.63, 3.8) is 0 Å². The number of rotatable bonds is 3. The van der Waals surface area contributed by atoms with Crippen molar-refractivity contribution in [2.75, 3.05) is 18.4 Å². The molecular weight excluding hydrogens is 415 g/mol. The monoisotopic (exact) mass is 435 g/mol. The Morgan fingerprint density at radius 2 is 1.83 bits per heavy atom. The van der Waals surface area contributed by atoms with Crippen LogP contribution in [0.5, 0.6) is 0 Å². The summed E-state index contributed by atoms with van der Waals surface area (Å²) in [6, 6.07) is 14.7. The zero-order valence-electron chi connectivity index (χ0n) is 16.0. The van der Waals surface area contributed by atoms with Crippen molar-refractivity contribution in [3.8, 4) is 0 Å². The smallest absolute Gasteiger partial charge is 0.388 e. The Kier molecular flexibility index (Phi) is 5.66. The van der Waals surface area contributed by atoms with E-state index < -0.39 is 11.7 Å². The molecule has 1 fully saturated rings. The Labute approximate surface area is 177 Å². The number of piperidine rings is 1. The second-order valence-corrected chi connectivity index (χ2v) is 7.74. The van der Waals surface area contributed by atoms with Crippen LogP contribution in [0.4, 0.5) is 18.9 Å². The van der Waals surface area contributed by atoms with Gasteiger partial charge in [0.05, 0.1) is 11.3 Å². The number of nitrogens with one attached hydrogen (secondary N) is 1. The van der Waals surface area contributed by atoms with Crippen LogP contribution < -0.4 is 5.32 Å². The highest BCUT2D eigenvalue weighted by Crippen LogP contribution is 2.36. The Morgan fingerprint density at radius 1 is 1.10 bits per heavy atom. The first-order valence-electron chi connectivity index (χ1n) is 9.55. The molecule has 0 bridgehead atoms. The quantitative estimate of drug-likeness (QED) is 0.688. The molecule has 1 saturated heterocycles. The van der Waals surface area contributed by atoms with Gasteiger partial charge in [0.15, 0.2) is 0 Å². The normalized spacial score (nSPS) is 18.6. The van der Waals surface area contributed by atoms with Crippen molar-refractivity contribution >= 4 is 28.8 Å². The molecule has 1 N–H and O–H groups in total. The number of hydrogen-bond acceptors (Lipinski definition) is 5. The summed E-state index contributed by atoms with van der Waals surface area (Å²) in [5.41, 5.74) is 1.12. The van der Waals surface area contributed by atoms with Crippen molar-refractivity contribution in [3.05, 3.63) is 65.7 Å². The molecule has 0 aromatic heterocycles. The van der Waals surface area contributed by atoms with Gasteiger partial charge in [-0.1, -0.05) is 41.6 Å². The summed E-state index contributed by atoms with van der Waals surface area (Å²) in [6.07, 6.45) is -2.26. The molecule has 2 aromatic carbocycles. The van der Waals surface area contributed by atoms with Crippen LogP contribution in [0.25, 0.3) is 0 Å². The first kappa shape index (κ1) is 20.6. The summed E-state index contributed by atoms with van der Waals surface area (Å²) in [7, 11) is 0. The second kappa shape index (κ2) is 8.23. The second-order valence-electron chi connectivity index (χ2n) is 7.37. The van der Waals surface area contributed by atoms with E-state index in [1.165, 1.54) is 12.1 Å². The fourth-order valence-corrected chi connectivity index (χ4v) is 3.81. The lowest BCUT2D eigenvalue weighted by atomic mass is 9.86. The molecule has 158 valence electrons. The summed E-state index contributed by atoms with van der Waals surface area (Å²) in [5.74, 6) is 0. The molecule has 9 heteroatoms. The van der Waals surface area contributed by atoms with Crippen LogP contribution in [-0.2, 0) is 15.9 Å². The largest absolute Gasteiger partial charge is 0.416 e. The molecule has 2 aliphatic heterocycles. The molecule has 0 amide bonds. The average Bonchev–Trinajstić information content (AvgIpc) is 3.14. The molecular formula is C21H20F3N3O2S. The van der Waals surface area contributed by atoms with Crippen molar-refractivity contribution in [2.24, 2.45) is 5.16 Å². The molecule has 0 aliphatic carbocycles. The van der Waals surface area contributed by atoms with Gasteiger partial charge in [-0.3, -0.25) is 0 Å². The molecule has 0 radical (unpaired) electrons. The maximum atomic E-state index is 12.8. The summed E-state index contributed by atoms with van der Waals surface area (Å²) < 4.78 is 38.5. The van der Waals surface area contributed by atoms with Gasteiger partial charge in [0.25, 0.3) is 5.17 Å². The maximum Gasteiger partial charge on any atom is 0.416 e. The van der Waals surface area contributed by atoms with E-state index in [1.54, 1.807) is 5.06 Å². The van der Waals surface area contributed by atoms with Crippen LogP contribution in [0.3, 0.4) is 0 Å². The van der Waals surface area contributed by atoms with E-state index in [0.717, 1.165) is 29.8 Å². The third-order valence-corrected chi connectivity index (χ3v) is 5.40. The highest BCUT2D eigenvalue weighted by molar-refractivity contribution is 7.80. The third-order valence-electron chi connectivity index (χ3n) is 5.23. The minimum Gasteiger partial charge on any atom is -0.388 e. The SMILES string of the molecule is FC(F)(F)c1cccc(NC(=S)ON2CCC3(CC2)CC(c2ccccc2)=NO3)c1. The molecule has 30 heavy (non-hydrogen) atoms. The molecule has 0 saturated carbocycles. The number of hydrogen-bond donors (Lipinski definition) is 1. The molecule has 0 unspecified atom stereocenters. The number of benzene rings is 2. The van der Waals surface area contributed by atoms with Gasteiger partial charge in [-0.2, -0.15) is 13.2 Å². The first-order chi connectivity index (χ1) is 14.3. The van der Waals surface area contributed by atoms with Crippen molar-refractivity contribution in [2.45, 2.75) is 31.0 Å². The third kappa shape index (κ3) is 4.73. The first-order valence-corrected chi connectivity index (χ1v) is 9.96. The average molecular weight is 435 g/mol. The van der Waals surface area contributed by atoms with Gasteiger partial charge in [0, 0.05) is 38.0 Å². The number of thiocarbonyl (C=S) groups is 1. The number of alkyl halides is 3. The standard InChI is InChI=1S/C21H20F3N3O2S/c22-21(23,24)16-7-4-8-17(13-16)25-19(30)28-27-11-9-20(10-12-27)14-18(26-29-20)15-5-2-1-3-6-15/h1-8,13H,9-12,14H2,(H,25,30). The molecule has 2 aliphatic rings. The van der Waals surface area contributed by atoms with Crippen LogP contribution >= 0.6 is 12.2 Å². The van der Waals surface area contributed by atoms with Gasteiger partial charge in [0.1, 0.15) is 5.60 Å². The number of anilines is 1. The lowest BCUT2D eigenvalue weighted by Gasteiger charge is -2.36. The van der Waals surface area contributed by atoms with E-state index in [2.05, 4.69) is 10.5 Å². The zero-order chi connectivity index (χ0) is 21.2. The van der Waals surface area contributed by atoms with Gasteiger partial charge in [-0.25, -0.2) is 0 Å². The Bertz CT molecular complexity index is 942. The predicted molar refractivity (Wildman–Crippen MR) is 111 cm³/mol. The van der Waals surface area contributed by atoms with E-state index in [-0.39, 0.29) is 16.5 Å². The fraction of sp³-hybridized carbons (Fsp3) is 0.333. The van der Waals surface area contributed by atoms with Crippen LogP contribution in [0.2, 0.25) is 0 Å². The molecule has 0 atom stereocenters. The summed E-state index contributed by atoms with van der Waals surface area (Å²) in [5, 5.41) is 8.68. The Hall–Kier alpha value is -2.65. The van der Waals surface area contributed by atoms with Crippen LogP contribution in [-0.4, -0.2) is 34.6 Å². The van der Waals surface area contributed by atoms with E-state index in [0.29, 0.717) is 25.9 Å². The predicted octanol–water partition coefficient (Wildman–Crippen LogP) is 4.99. The number of halogens is 3. The molecule has 2 heterocycles. The van der Waals surface area contributed by atoms with E-state index >= 15 is 0 Å². The lowest BCUT2D eigenvalue weighted by Crippen LogP contribution is -2.45. The van der Waals surface area contributed by atoms with E-state index in [1.807, 2.05) is 30.3 Å². The molecule has 1 spiro atoms. The van der Waals surface area contributed by atoms with Gasteiger partial charge in [0.2, 0.25) is 0 Å². The number of hydroxylamine groups is 2. The van der Waals surface area contributed by atoms with Crippen molar-refractivity contribution in [1.82, 2.24) is 5.06 Å². The topological polar surface area (TPSA) is 46.1 Å². The molecule has 4 rings (SSSR count). The zero-order valence-corrected chi connectivity index (χ0v) is 16.8. The number of nitrogens with zero attached hydrogens (tertiary/aromatic N) is 2. The van der Waals surface area contributed by atoms with Crippen LogP contribution in [0.1, 0.15) is 30.4 Å². The summed E-state index contributed by atoms with van der Waals surface area (Å²) in [4.78, 5) is 11.4. The van der Waals surface area contributed by atoms with Crippen molar-refractivity contribution in [1.29, 1.82) is 0 Å². The summed E-state index contributed by atoms with van der Waals surface area (Å²) >= 11 is 5.15. The Morgan fingerprint density at radius 3 is 2.53 bits per heavy atom. The number of oxime groups is 1. The van der Waals surface area contributed by atoms with E-state index in [9.17, 15) is 13.2 Å². The minimum atomic E-state index is -4.41. The van der Waals surface area contributed by atoms with E-state index in [4.69, 9.17) is 21.9 Å². The highest BCUT2D eigenvalue weighted by Gasteiger charge is 2.43. The Balaban J connectivity index is 1.28. The van der Waals surface area contributed by atoms with Crippen LogP contribution in [0.15, 0.2) is 59.8 Å². The van der Waals surface area contributed by atoms with Gasteiger partial charge in [-0.05, 0) is 36.0 Å². The minimum absolute atomic E-state index is 0.00107. The summed E-state index contributed by atoms with van der Waals surface area (Å²) in [6.45, 7) is 1.14. The lowest BCUT2D eigenvalue weighted by molar-refractivity contribution is -0.143. The molecule has 5 nitrogen and oxygen atoms in total. The highest BCUT2D eigenvalue weighted by atomic mass is 32.1. The van der Waals surface area contributed by atoms with Crippen LogP contribution in [0, 0.1) is 0 Å². The maximum absolute atomic E-state index is 12.8. The molecule has 2 aromatic rings.